The number of aliphatic carboxylic acids is 1. The third kappa shape index (κ3) is 5.72. The van der Waals surface area contributed by atoms with Crippen LogP contribution in [0.5, 0.6) is 0 Å². The fourth-order valence-electron chi connectivity index (χ4n) is 1.55. The van der Waals surface area contributed by atoms with Crippen LogP contribution in [0.15, 0.2) is 18.7 Å². The molecule has 0 bridgehead atoms. The second kappa shape index (κ2) is 6.44. The average Bonchev–Trinajstić information content (AvgIpc) is 2.28. The standard InChI is InChI=1S/C13H21N3O2/c1-13(2,3)5-4-11(12(17)18)16-8-10-6-14-9-15-7-10/h6-7,9,11,16H,4-5,8H2,1-3H3,(H,17,18)/t11-/m0/s1. The monoisotopic (exact) mass is 251 g/mol. The van der Waals surface area contributed by atoms with Crippen molar-refractivity contribution >= 4 is 5.97 Å². The minimum absolute atomic E-state index is 0.144. The second-order valence-electron chi connectivity index (χ2n) is 5.62. The van der Waals surface area contributed by atoms with Crippen molar-refractivity contribution in [2.24, 2.45) is 5.41 Å². The molecule has 1 heterocycles. The lowest BCUT2D eigenvalue weighted by Crippen LogP contribution is -2.37. The molecule has 18 heavy (non-hydrogen) atoms. The molecule has 0 radical (unpaired) electrons. The van der Waals surface area contributed by atoms with Gasteiger partial charge in [-0.1, -0.05) is 20.8 Å². The average molecular weight is 251 g/mol. The van der Waals surface area contributed by atoms with E-state index < -0.39 is 12.0 Å². The Labute approximate surface area is 108 Å². The molecule has 1 aromatic heterocycles. The number of nitrogens with zero attached hydrogens (tertiary/aromatic N) is 2. The van der Waals surface area contributed by atoms with E-state index in [2.05, 4.69) is 36.1 Å². The molecule has 1 rings (SSSR count). The first kappa shape index (κ1) is 14.6. The van der Waals surface area contributed by atoms with Crippen LogP contribution in [0.1, 0.15) is 39.2 Å². The van der Waals surface area contributed by atoms with Crippen molar-refractivity contribution in [2.75, 3.05) is 0 Å². The maximum Gasteiger partial charge on any atom is 0.320 e. The molecule has 2 N–H and O–H groups in total. The first-order chi connectivity index (χ1) is 8.38. The molecular formula is C13H21N3O2. The maximum atomic E-state index is 11.1. The zero-order valence-corrected chi connectivity index (χ0v) is 11.2. The largest absolute Gasteiger partial charge is 0.480 e. The van der Waals surface area contributed by atoms with E-state index >= 15 is 0 Å². The topological polar surface area (TPSA) is 75.1 Å². The number of aromatic nitrogens is 2. The highest BCUT2D eigenvalue weighted by atomic mass is 16.4. The maximum absolute atomic E-state index is 11.1. The fourth-order valence-corrected chi connectivity index (χ4v) is 1.55. The van der Waals surface area contributed by atoms with Crippen LogP contribution in [0.4, 0.5) is 0 Å². The van der Waals surface area contributed by atoms with Crippen molar-refractivity contribution in [2.45, 2.75) is 46.2 Å². The van der Waals surface area contributed by atoms with Crippen molar-refractivity contribution in [1.29, 1.82) is 0 Å². The quantitative estimate of drug-likeness (QED) is 0.807. The molecule has 0 aliphatic heterocycles. The Morgan fingerprint density at radius 3 is 2.50 bits per heavy atom. The minimum atomic E-state index is -0.809. The van der Waals surface area contributed by atoms with Gasteiger partial charge in [0.1, 0.15) is 12.4 Å². The van der Waals surface area contributed by atoms with E-state index in [1.54, 1.807) is 12.4 Å². The van der Waals surface area contributed by atoms with Gasteiger partial charge in [0.25, 0.3) is 0 Å². The zero-order valence-electron chi connectivity index (χ0n) is 11.2. The van der Waals surface area contributed by atoms with Gasteiger partial charge >= 0.3 is 5.97 Å². The summed E-state index contributed by atoms with van der Waals surface area (Å²) in [4.78, 5) is 18.9. The van der Waals surface area contributed by atoms with Gasteiger partial charge in [-0.25, -0.2) is 9.97 Å². The second-order valence-corrected chi connectivity index (χ2v) is 5.62. The molecular weight excluding hydrogens is 230 g/mol. The Balaban J connectivity index is 2.46. The molecule has 1 atom stereocenters. The molecule has 5 heteroatoms. The van der Waals surface area contributed by atoms with Crippen molar-refractivity contribution in [1.82, 2.24) is 15.3 Å². The molecule has 0 unspecified atom stereocenters. The first-order valence-electron chi connectivity index (χ1n) is 6.08. The van der Waals surface area contributed by atoms with Crippen molar-refractivity contribution in [3.63, 3.8) is 0 Å². The van der Waals surface area contributed by atoms with E-state index in [1.165, 1.54) is 6.33 Å². The molecule has 0 aromatic carbocycles. The van der Waals surface area contributed by atoms with Crippen LogP contribution in [-0.2, 0) is 11.3 Å². The van der Waals surface area contributed by atoms with Crippen LogP contribution in [0.25, 0.3) is 0 Å². The third-order valence-electron chi connectivity index (χ3n) is 2.65. The van der Waals surface area contributed by atoms with E-state index in [9.17, 15) is 4.79 Å². The van der Waals surface area contributed by atoms with Gasteiger partial charge in [-0.15, -0.1) is 0 Å². The van der Waals surface area contributed by atoms with E-state index in [1.807, 2.05) is 0 Å². The van der Waals surface area contributed by atoms with Gasteiger partial charge in [-0.05, 0) is 18.3 Å². The number of hydrogen-bond donors (Lipinski definition) is 2. The highest BCUT2D eigenvalue weighted by molar-refractivity contribution is 5.73. The lowest BCUT2D eigenvalue weighted by Gasteiger charge is -2.21. The number of carboxylic acids is 1. The lowest BCUT2D eigenvalue weighted by molar-refractivity contribution is -0.139. The molecule has 0 aliphatic rings. The molecule has 0 spiro atoms. The van der Waals surface area contributed by atoms with Crippen LogP contribution >= 0.6 is 0 Å². The Bertz CT molecular complexity index is 374. The van der Waals surface area contributed by atoms with Gasteiger partial charge in [0.05, 0.1) is 0 Å². The molecule has 0 saturated carbocycles. The summed E-state index contributed by atoms with van der Waals surface area (Å²) < 4.78 is 0. The van der Waals surface area contributed by atoms with Crippen LogP contribution in [0, 0.1) is 5.41 Å². The van der Waals surface area contributed by atoms with Gasteiger partial charge in [0, 0.05) is 24.5 Å². The summed E-state index contributed by atoms with van der Waals surface area (Å²) >= 11 is 0. The predicted molar refractivity (Wildman–Crippen MR) is 69.0 cm³/mol. The summed E-state index contributed by atoms with van der Waals surface area (Å²) in [5.41, 5.74) is 1.03. The normalized spacial score (nSPS) is 13.3. The molecule has 0 fully saturated rings. The van der Waals surface area contributed by atoms with E-state index in [4.69, 9.17) is 5.11 Å². The zero-order chi connectivity index (χ0) is 13.6. The highest BCUT2D eigenvalue weighted by Gasteiger charge is 2.20. The number of carbonyl (C=O) groups is 1. The molecule has 0 saturated heterocycles. The minimum Gasteiger partial charge on any atom is -0.480 e. The van der Waals surface area contributed by atoms with Crippen LogP contribution in [0.2, 0.25) is 0 Å². The van der Waals surface area contributed by atoms with E-state index in [0.29, 0.717) is 13.0 Å². The van der Waals surface area contributed by atoms with Gasteiger partial charge in [-0.2, -0.15) is 0 Å². The molecule has 100 valence electrons. The third-order valence-corrected chi connectivity index (χ3v) is 2.65. The molecule has 0 aliphatic carbocycles. The summed E-state index contributed by atoms with van der Waals surface area (Å²) in [6, 6.07) is -0.524. The highest BCUT2D eigenvalue weighted by Crippen LogP contribution is 2.21. The summed E-state index contributed by atoms with van der Waals surface area (Å²) in [5, 5.41) is 12.2. The summed E-state index contributed by atoms with van der Waals surface area (Å²) in [6.07, 6.45) is 6.30. The SMILES string of the molecule is CC(C)(C)CC[C@H](NCc1cncnc1)C(=O)O. The first-order valence-corrected chi connectivity index (χ1v) is 6.08. The van der Waals surface area contributed by atoms with E-state index in [0.717, 1.165) is 12.0 Å². The van der Waals surface area contributed by atoms with Crippen molar-refractivity contribution < 1.29 is 9.90 Å². The van der Waals surface area contributed by atoms with Crippen molar-refractivity contribution in [3.05, 3.63) is 24.3 Å². The van der Waals surface area contributed by atoms with Crippen molar-refractivity contribution in [3.8, 4) is 0 Å². The Hall–Kier alpha value is -1.49. The Kier molecular flexibility index (Phi) is 5.22. The van der Waals surface area contributed by atoms with Gasteiger partial charge < -0.3 is 10.4 Å². The number of carboxylic acid groups (broad SMARTS) is 1. The summed E-state index contributed by atoms with van der Waals surface area (Å²) in [7, 11) is 0. The number of hydrogen-bond acceptors (Lipinski definition) is 4. The van der Waals surface area contributed by atoms with Crippen LogP contribution in [0.3, 0.4) is 0 Å². The molecule has 1 aromatic rings. The summed E-state index contributed by atoms with van der Waals surface area (Å²) in [5.74, 6) is -0.809. The molecule has 5 nitrogen and oxygen atoms in total. The van der Waals surface area contributed by atoms with Crippen LogP contribution < -0.4 is 5.32 Å². The van der Waals surface area contributed by atoms with Crippen LogP contribution in [-0.4, -0.2) is 27.1 Å². The number of nitrogens with one attached hydrogen (secondary N) is 1. The fraction of sp³-hybridized carbons (Fsp3) is 0.615. The van der Waals surface area contributed by atoms with Gasteiger partial charge in [-0.3, -0.25) is 4.79 Å². The van der Waals surface area contributed by atoms with E-state index in [-0.39, 0.29) is 5.41 Å². The lowest BCUT2D eigenvalue weighted by atomic mass is 9.88. The van der Waals surface area contributed by atoms with Gasteiger partial charge in [0.15, 0.2) is 0 Å². The Morgan fingerprint density at radius 1 is 1.39 bits per heavy atom. The van der Waals surface area contributed by atoms with Gasteiger partial charge in [0.2, 0.25) is 0 Å². The summed E-state index contributed by atoms with van der Waals surface area (Å²) in [6.45, 7) is 6.80. The predicted octanol–water partition coefficient (Wildman–Crippen LogP) is 1.85. The molecule has 0 amide bonds. The smallest absolute Gasteiger partial charge is 0.320 e. The Morgan fingerprint density at radius 2 is 2.00 bits per heavy atom. The number of rotatable bonds is 6.